The molecule has 0 saturated carbocycles. The number of halogens is 1. The average molecular weight is 330 g/mol. The third-order valence-electron chi connectivity index (χ3n) is 2.75. The molecule has 2 rings (SSSR count). The lowest BCUT2D eigenvalue weighted by atomic mass is 10.1. The largest absolute Gasteiger partial charge is 0.478 e. The van der Waals surface area contributed by atoms with Gasteiger partial charge in [0.1, 0.15) is 5.82 Å². The number of thiazole rings is 1. The number of hydrogen-bond donors (Lipinski definition) is 2. The number of carbonyl (C=O) groups is 1. The zero-order valence-electron chi connectivity index (χ0n) is 10.8. The summed E-state index contributed by atoms with van der Waals surface area (Å²) in [5.41, 5.74) is 1.01. The van der Waals surface area contributed by atoms with Crippen molar-refractivity contribution in [2.75, 3.05) is 0 Å². The van der Waals surface area contributed by atoms with Crippen LogP contribution in [0.5, 0.6) is 0 Å². The molecular weight excluding hydrogens is 319 g/mol. The molecule has 0 aliphatic heterocycles. The van der Waals surface area contributed by atoms with Crippen molar-refractivity contribution in [2.45, 2.75) is 18.4 Å². The van der Waals surface area contributed by atoms with Gasteiger partial charge in [-0.1, -0.05) is 0 Å². The third kappa shape index (κ3) is 3.43. The van der Waals surface area contributed by atoms with Crippen molar-refractivity contribution in [2.24, 2.45) is 0 Å². The second-order valence-corrected chi connectivity index (χ2v) is 6.88. The molecule has 0 aliphatic rings. The molecule has 2 N–H and O–H groups in total. The first-order chi connectivity index (χ1) is 9.81. The lowest BCUT2D eigenvalue weighted by Crippen LogP contribution is -2.24. The number of nitrogens with zero attached hydrogens (tertiary/aromatic N) is 1. The first kappa shape index (κ1) is 15.5. The summed E-state index contributed by atoms with van der Waals surface area (Å²) in [6.07, 6.45) is 1.51. The first-order valence-electron chi connectivity index (χ1n) is 5.72. The Labute approximate surface area is 124 Å². The van der Waals surface area contributed by atoms with Gasteiger partial charge in [0.2, 0.25) is 10.0 Å². The molecule has 1 heterocycles. The van der Waals surface area contributed by atoms with E-state index >= 15 is 0 Å². The van der Waals surface area contributed by atoms with E-state index in [4.69, 9.17) is 5.11 Å². The van der Waals surface area contributed by atoms with Gasteiger partial charge in [0.05, 0.1) is 16.0 Å². The second kappa shape index (κ2) is 5.88. The summed E-state index contributed by atoms with van der Waals surface area (Å²) in [5.74, 6) is -2.28. The molecular formula is C12H11FN2O4S2. The molecule has 0 aliphatic carbocycles. The van der Waals surface area contributed by atoms with E-state index in [-0.39, 0.29) is 17.0 Å². The molecule has 0 bridgehead atoms. The number of nitrogens with one attached hydrogen (secondary N) is 1. The van der Waals surface area contributed by atoms with Crippen molar-refractivity contribution in [3.63, 3.8) is 0 Å². The number of carboxylic acids is 1. The molecule has 9 heteroatoms. The molecule has 0 saturated heterocycles. The number of hydrogen-bond acceptors (Lipinski definition) is 5. The van der Waals surface area contributed by atoms with Crippen LogP contribution < -0.4 is 4.72 Å². The summed E-state index contributed by atoms with van der Waals surface area (Å²) >= 11 is 1.27. The van der Waals surface area contributed by atoms with E-state index < -0.39 is 27.4 Å². The topological polar surface area (TPSA) is 96.4 Å². The van der Waals surface area contributed by atoms with Gasteiger partial charge >= 0.3 is 5.97 Å². The fourth-order valence-electron chi connectivity index (χ4n) is 1.63. The van der Waals surface area contributed by atoms with Gasteiger partial charge in [0.15, 0.2) is 0 Å². The summed E-state index contributed by atoms with van der Waals surface area (Å²) in [6, 6.07) is 1.73. The van der Waals surface area contributed by atoms with Crippen LogP contribution in [0.15, 0.2) is 28.7 Å². The van der Waals surface area contributed by atoms with Crippen LogP contribution in [-0.4, -0.2) is 24.5 Å². The number of benzene rings is 1. The van der Waals surface area contributed by atoms with Crippen LogP contribution in [0.1, 0.15) is 20.8 Å². The van der Waals surface area contributed by atoms with Crippen molar-refractivity contribution in [3.8, 4) is 0 Å². The first-order valence-corrected chi connectivity index (χ1v) is 8.08. The maximum Gasteiger partial charge on any atom is 0.335 e. The number of carboxylic acid groups (broad SMARTS) is 1. The van der Waals surface area contributed by atoms with Crippen LogP contribution in [0.25, 0.3) is 0 Å². The highest BCUT2D eigenvalue weighted by Gasteiger charge is 2.22. The van der Waals surface area contributed by atoms with Gasteiger partial charge in [-0.05, 0) is 19.1 Å². The molecule has 2 aromatic rings. The minimum atomic E-state index is -4.02. The van der Waals surface area contributed by atoms with E-state index in [9.17, 15) is 17.6 Å². The highest BCUT2D eigenvalue weighted by Crippen LogP contribution is 2.21. The zero-order chi connectivity index (χ0) is 15.6. The molecule has 0 fully saturated rings. The Bertz CT molecular complexity index is 773. The lowest BCUT2D eigenvalue weighted by molar-refractivity contribution is 0.0696. The Balaban J connectivity index is 2.37. The molecule has 0 spiro atoms. The van der Waals surface area contributed by atoms with E-state index in [2.05, 4.69) is 9.71 Å². The van der Waals surface area contributed by atoms with Gasteiger partial charge in [-0.3, -0.25) is 4.98 Å². The zero-order valence-corrected chi connectivity index (χ0v) is 12.5. The molecule has 0 unspecified atom stereocenters. The van der Waals surface area contributed by atoms with Crippen LogP contribution in [-0.2, 0) is 16.6 Å². The Morgan fingerprint density at radius 3 is 2.76 bits per heavy atom. The Morgan fingerprint density at radius 1 is 1.48 bits per heavy atom. The summed E-state index contributed by atoms with van der Waals surface area (Å²) < 4.78 is 40.4. The van der Waals surface area contributed by atoms with Gasteiger partial charge in [0.25, 0.3) is 0 Å². The van der Waals surface area contributed by atoms with Crippen LogP contribution >= 0.6 is 11.3 Å². The molecule has 112 valence electrons. The van der Waals surface area contributed by atoms with E-state index in [1.54, 1.807) is 5.51 Å². The normalized spacial score (nSPS) is 11.5. The highest BCUT2D eigenvalue weighted by molar-refractivity contribution is 7.89. The monoisotopic (exact) mass is 330 g/mol. The fraction of sp³-hybridized carbons (Fsp3) is 0.167. The molecule has 0 atom stereocenters. The smallest absolute Gasteiger partial charge is 0.335 e. The number of sulfonamides is 1. The number of aromatic nitrogens is 1. The van der Waals surface area contributed by atoms with Crippen molar-refractivity contribution in [1.82, 2.24) is 9.71 Å². The molecule has 1 aromatic carbocycles. The van der Waals surface area contributed by atoms with Crippen LogP contribution in [0.3, 0.4) is 0 Å². The quantitative estimate of drug-likeness (QED) is 0.871. The number of aromatic carboxylic acids is 1. The standard InChI is InChI=1S/C12H11FN2O4S2/c1-7-10(13)2-8(12(16)17)3-11(7)21(18,19)15-5-9-4-14-6-20-9/h2-4,6,15H,5H2,1H3,(H,16,17). The Hall–Kier alpha value is -1.84. The summed E-state index contributed by atoms with van der Waals surface area (Å²) in [4.78, 5) is 15.0. The minimum absolute atomic E-state index is 0.00532. The van der Waals surface area contributed by atoms with Crippen LogP contribution in [0, 0.1) is 12.7 Å². The van der Waals surface area contributed by atoms with Crippen molar-refractivity contribution in [1.29, 1.82) is 0 Å². The predicted octanol–water partition coefficient (Wildman–Crippen LogP) is 1.77. The molecule has 6 nitrogen and oxygen atoms in total. The maximum atomic E-state index is 13.7. The second-order valence-electron chi connectivity index (χ2n) is 4.18. The lowest BCUT2D eigenvalue weighted by Gasteiger charge is -2.10. The van der Waals surface area contributed by atoms with Gasteiger partial charge in [-0.15, -0.1) is 11.3 Å². The van der Waals surface area contributed by atoms with Crippen LogP contribution in [0.2, 0.25) is 0 Å². The van der Waals surface area contributed by atoms with E-state index in [0.717, 1.165) is 12.1 Å². The van der Waals surface area contributed by atoms with E-state index in [0.29, 0.717) is 4.88 Å². The number of rotatable bonds is 5. The summed E-state index contributed by atoms with van der Waals surface area (Å²) in [7, 11) is -4.02. The van der Waals surface area contributed by atoms with E-state index in [1.807, 2.05) is 0 Å². The molecule has 0 radical (unpaired) electrons. The Morgan fingerprint density at radius 2 is 2.19 bits per heavy atom. The summed E-state index contributed by atoms with van der Waals surface area (Å²) in [5, 5.41) is 8.88. The molecule has 21 heavy (non-hydrogen) atoms. The Kier molecular flexibility index (Phi) is 4.35. The minimum Gasteiger partial charge on any atom is -0.478 e. The van der Waals surface area contributed by atoms with Gasteiger partial charge in [-0.2, -0.15) is 0 Å². The predicted molar refractivity (Wildman–Crippen MR) is 74.2 cm³/mol. The SMILES string of the molecule is Cc1c(F)cc(C(=O)O)cc1S(=O)(=O)NCc1cncs1. The van der Waals surface area contributed by atoms with Gasteiger partial charge < -0.3 is 5.11 Å². The maximum absolute atomic E-state index is 13.7. The fourth-order valence-corrected chi connectivity index (χ4v) is 3.54. The molecule has 1 aromatic heterocycles. The third-order valence-corrected chi connectivity index (χ3v) is 5.06. The van der Waals surface area contributed by atoms with Gasteiger partial charge in [-0.25, -0.2) is 22.3 Å². The highest BCUT2D eigenvalue weighted by atomic mass is 32.2. The van der Waals surface area contributed by atoms with Crippen molar-refractivity contribution < 1.29 is 22.7 Å². The van der Waals surface area contributed by atoms with Crippen LogP contribution in [0.4, 0.5) is 4.39 Å². The van der Waals surface area contributed by atoms with E-state index in [1.165, 1.54) is 24.5 Å². The van der Waals surface area contributed by atoms with Crippen molar-refractivity contribution >= 4 is 27.3 Å². The van der Waals surface area contributed by atoms with Crippen molar-refractivity contribution in [3.05, 3.63) is 45.7 Å². The van der Waals surface area contributed by atoms with Gasteiger partial charge in [0, 0.05) is 23.2 Å². The average Bonchev–Trinajstić information content (AvgIpc) is 2.92. The molecule has 0 amide bonds. The summed E-state index contributed by atoms with van der Waals surface area (Å²) in [6.45, 7) is 1.29.